The molecule has 0 aliphatic heterocycles. The van der Waals surface area contributed by atoms with Crippen LogP contribution in [0.15, 0.2) is 20.3 Å². The van der Waals surface area contributed by atoms with Crippen LogP contribution in [0.4, 0.5) is 9.59 Å². The van der Waals surface area contributed by atoms with Crippen molar-refractivity contribution >= 4 is 58.4 Å². The van der Waals surface area contributed by atoms with Crippen LogP contribution in [-0.2, 0) is 28.7 Å². The van der Waals surface area contributed by atoms with Gasteiger partial charge in [-0.15, -0.1) is 0 Å². The summed E-state index contributed by atoms with van der Waals surface area (Å²) in [6, 6.07) is -1.17. The molecular weight excluding hydrogens is 720 g/mol. The van der Waals surface area contributed by atoms with Crippen LogP contribution in [0.1, 0.15) is 166 Å². The largest absolute Gasteiger partial charge is 0.462 e. The van der Waals surface area contributed by atoms with Gasteiger partial charge in [0.25, 0.3) is 0 Å². The smallest absolute Gasteiger partial charge is 0.355 e. The number of amides is 4. The number of aliphatic imine (C=N–C) groups is 1. The summed E-state index contributed by atoms with van der Waals surface area (Å²) in [4.78, 5) is 78.0. The van der Waals surface area contributed by atoms with Gasteiger partial charge < -0.3 is 14.8 Å². The first-order valence-corrected chi connectivity index (χ1v) is 19.7. The Balaban J connectivity index is -0.000000868. The number of hydrogen-bond donors (Lipinski definition) is 4. The fraction of sp³-hybridized carbons (Fsp3) is 0.750. The second kappa shape index (κ2) is 29.7. The van der Waals surface area contributed by atoms with Crippen molar-refractivity contribution in [2.24, 2.45) is 32.1 Å². The molecule has 0 aliphatic carbocycles. The van der Waals surface area contributed by atoms with Gasteiger partial charge in [-0.1, -0.05) is 47.5 Å². The Morgan fingerprint density at radius 1 is 0.554 bits per heavy atom. The van der Waals surface area contributed by atoms with E-state index in [9.17, 15) is 28.8 Å². The summed E-state index contributed by atoms with van der Waals surface area (Å²) in [5.41, 5.74) is 9.17. The van der Waals surface area contributed by atoms with Gasteiger partial charge in [0.2, 0.25) is 0 Å². The van der Waals surface area contributed by atoms with Crippen molar-refractivity contribution in [3.8, 4) is 0 Å². The maximum atomic E-state index is 12.7. The van der Waals surface area contributed by atoms with Crippen molar-refractivity contribution in [2.75, 3.05) is 7.05 Å². The van der Waals surface area contributed by atoms with Gasteiger partial charge in [-0.05, 0) is 87.5 Å². The van der Waals surface area contributed by atoms with Crippen LogP contribution in [0.2, 0.25) is 0 Å². The molecule has 0 aliphatic rings. The van der Waals surface area contributed by atoms with E-state index in [1.807, 2.05) is 6.92 Å². The molecule has 4 unspecified atom stereocenters. The first-order valence-electron chi connectivity index (χ1n) is 19.7. The molecular formula is C40H80N8O8. The van der Waals surface area contributed by atoms with Gasteiger partial charge in [-0.3, -0.25) is 24.2 Å². The monoisotopic (exact) mass is 801 g/mol. The lowest BCUT2D eigenvalue weighted by Gasteiger charge is -2.20. The minimum absolute atomic E-state index is 0. The van der Waals surface area contributed by atoms with Crippen LogP contribution in [0.5, 0.6) is 0 Å². The van der Waals surface area contributed by atoms with E-state index in [4.69, 9.17) is 9.47 Å². The molecule has 56 heavy (non-hydrogen) atoms. The number of unbranched alkanes of at least 4 members (excludes halogenated alkanes) is 1. The van der Waals surface area contributed by atoms with Crippen molar-refractivity contribution in [1.29, 1.82) is 0 Å². The third-order valence-electron chi connectivity index (χ3n) is 9.04. The molecule has 0 fully saturated rings. The number of hydrogen-bond acceptors (Lipinski definition) is 12. The molecule has 0 radical (unpaired) electrons. The standard InChI is InChI=1S/C36H62N8O8.C4H10.4H2/c1-13-36(10,11)38-22(2)14-18-30(45)26(6)28(8)51-33(48)21-17-25(5)41-44-35(50)43-40-23(3)15-19-31(46)27(7)29(9)52-32(47)20-16-24(4)39-42-34(49)37-12;1-3-4-2;;;;/h26-29H,13-21H2,1-12H3,(H2,37,42,49)(H2,43,44,50);3-4H2,1-2H3;4*1H/b38-22?,39-24+,40-23+,41-25+;;;;;. The third kappa shape index (κ3) is 27.1. The number of hydrazone groups is 3. The molecule has 0 saturated heterocycles. The number of carbonyl (C=O) groups is 6. The molecule has 4 atom stereocenters. The Labute approximate surface area is 341 Å². The number of rotatable bonds is 24. The van der Waals surface area contributed by atoms with E-state index in [-0.39, 0.29) is 61.3 Å². The van der Waals surface area contributed by atoms with E-state index in [0.717, 1.165) is 12.1 Å². The molecule has 328 valence electrons. The van der Waals surface area contributed by atoms with Gasteiger partial charge in [-0.25, -0.2) is 25.9 Å². The molecule has 0 aromatic heterocycles. The second-order valence-corrected chi connectivity index (χ2v) is 14.7. The third-order valence-corrected chi connectivity index (χ3v) is 9.04. The lowest BCUT2D eigenvalue weighted by Crippen LogP contribution is -2.30. The Kier molecular flexibility index (Phi) is 28.5. The molecule has 4 N–H and O–H groups in total. The minimum Gasteiger partial charge on any atom is -0.462 e. The zero-order valence-electron chi connectivity index (χ0n) is 36.6. The highest BCUT2D eigenvalue weighted by Crippen LogP contribution is 2.17. The van der Waals surface area contributed by atoms with Gasteiger partial charge in [-0.2, -0.15) is 15.3 Å². The van der Waals surface area contributed by atoms with Crippen LogP contribution in [0.25, 0.3) is 0 Å². The van der Waals surface area contributed by atoms with Gasteiger partial charge in [0.1, 0.15) is 23.8 Å². The topological polar surface area (TPSA) is 218 Å². The summed E-state index contributed by atoms with van der Waals surface area (Å²) in [7, 11) is 1.46. The maximum absolute atomic E-state index is 12.7. The summed E-state index contributed by atoms with van der Waals surface area (Å²) in [5, 5.41) is 14.2. The number of ketones is 2. The van der Waals surface area contributed by atoms with Crippen LogP contribution < -0.4 is 21.6 Å². The Morgan fingerprint density at radius 3 is 1.23 bits per heavy atom. The molecule has 0 aromatic carbocycles. The van der Waals surface area contributed by atoms with Gasteiger partial charge in [0.05, 0.1) is 30.2 Å². The summed E-state index contributed by atoms with van der Waals surface area (Å²) >= 11 is 0. The van der Waals surface area contributed by atoms with Crippen molar-refractivity contribution in [3.05, 3.63) is 0 Å². The Bertz CT molecular complexity index is 1410. The summed E-state index contributed by atoms with van der Waals surface area (Å²) in [6.07, 6.45) is 4.19. The Morgan fingerprint density at radius 2 is 0.893 bits per heavy atom. The van der Waals surface area contributed by atoms with Gasteiger partial charge in [0, 0.05) is 48.4 Å². The van der Waals surface area contributed by atoms with E-state index in [2.05, 4.69) is 76.5 Å². The number of Topliss-reactive ketones (excluding diaryl/α,β-unsaturated/α-hetero) is 2. The van der Waals surface area contributed by atoms with Gasteiger partial charge >= 0.3 is 24.0 Å². The molecule has 0 saturated carbocycles. The zero-order chi connectivity index (χ0) is 43.4. The predicted molar refractivity (Wildman–Crippen MR) is 231 cm³/mol. The van der Waals surface area contributed by atoms with Crippen LogP contribution in [0.3, 0.4) is 0 Å². The predicted octanol–water partition coefficient (Wildman–Crippen LogP) is 8.18. The number of urea groups is 2. The number of ether oxygens (including phenoxy) is 2. The minimum atomic E-state index is -0.703. The molecule has 16 heteroatoms. The number of nitrogens with one attached hydrogen (secondary N) is 4. The number of nitrogens with zero attached hydrogens (tertiary/aromatic N) is 4. The van der Waals surface area contributed by atoms with Crippen LogP contribution in [0, 0.1) is 11.8 Å². The average Bonchev–Trinajstić information content (AvgIpc) is 3.16. The highest BCUT2D eigenvalue weighted by molar-refractivity contribution is 5.91. The van der Waals surface area contributed by atoms with Crippen molar-refractivity contribution in [3.63, 3.8) is 0 Å². The van der Waals surface area contributed by atoms with Crippen molar-refractivity contribution in [2.45, 2.75) is 178 Å². The van der Waals surface area contributed by atoms with E-state index in [1.54, 1.807) is 48.5 Å². The van der Waals surface area contributed by atoms with E-state index >= 15 is 0 Å². The second-order valence-electron chi connectivity index (χ2n) is 14.7. The lowest BCUT2D eigenvalue weighted by atomic mass is 9.96. The molecule has 4 amide bonds. The van der Waals surface area contributed by atoms with E-state index in [1.165, 1.54) is 19.9 Å². The SMILES string of the molecule is CCC(C)(C)N=C(C)CCC(=O)C(C)C(C)OC(=O)CC/C(C)=N/NC(=O)N/N=C(\C)CCC(=O)C(C)C(C)OC(=O)CC/C(C)=N/NC(=O)NC.CCCC.[HH].[HH].[HH].[HH]. The molecule has 0 rings (SSSR count). The maximum Gasteiger partial charge on any atom is 0.355 e. The molecule has 0 aromatic rings. The highest BCUT2D eigenvalue weighted by atomic mass is 16.5. The first kappa shape index (κ1) is 53.6. The summed E-state index contributed by atoms with van der Waals surface area (Å²) in [6.45, 7) is 24.2. The molecule has 0 spiro atoms. The van der Waals surface area contributed by atoms with E-state index < -0.39 is 48.0 Å². The fourth-order valence-electron chi connectivity index (χ4n) is 4.23. The normalized spacial score (nSPS) is 14.5. The summed E-state index contributed by atoms with van der Waals surface area (Å²) < 4.78 is 10.9. The van der Waals surface area contributed by atoms with Crippen molar-refractivity contribution < 1.29 is 43.9 Å². The molecule has 16 nitrogen and oxygen atoms in total. The van der Waals surface area contributed by atoms with Crippen LogP contribution in [-0.4, -0.2) is 83.2 Å². The first-order chi connectivity index (χ1) is 26.1. The van der Waals surface area contributed by atoms with E-state index in [0.29, 0.717) is 30.0 Å². The molecule has 0 heterocycles. The quantitative estimate of drug-likeness (QED) is 0.0423. The lowest BCUT2D eigenvalue weighted by molar-refractivity contribution is -0.153. The average molecular weight is 801 g/mol. The Hall–Kier alpha value is -4.50. The zero-order valence-corrected chi connectivity index (χ0v) is 36.6. The fourth-order valence-corrected chi connectivity index (χ4v) is 4.23. The van der Waals surface area contributed by atoms with Crippen molar-refractivity contribution in [1.82, 2.24) is 21.6 Å². The summed E-state index contributed by atoms with van der Waals surface area (Å²) in [5.74, 6) is -2.10. The number of esters is 2. The molecule has 0 bridgehead atoms. The van der Waals surface area contributed by atoms with Crippen LogP contribution >= 0.6 is 0 Å². The highest BCUT2D eigenvalue weighted by Gasteiger charge is 2.25. The number of carbonyl (C=O) groups excluding carboxylic acids is 6. The van der Waals surface area contributed by atoms with Gasteiger partial charge in [0.15, 0.2) is 0 Å².